The van der Waals surface area contributed by atoms with Crippen LogP contribution in [0.3, 0.4) is 0 Å². The van der Waals surface area contributed by atoms with E-state index in [9.17, 15) is 13.5 Å². The number of nitrogens with zero attached hydrogens (tertiary/aromatic N) is 1. The zero-order valence-corrected chi connectivity index (χ0v) is 9.78. The zero-order chi connectivity index (χ0) is 11.6. The van der Waals surface area contributed by atoms with Crippen LogP contribution in [-0.4, -0.2) is 38.1 Å². The van der Waals surface area contributed by atoms with Gasteiger partial charge in [0.25, 0.3) is 0 Å². The Hall–Kier alpha value is -1.07. The molecule has 1 fully saturated rings. The molecule has 1 N–H and O–H groups in total. The summed E-state index contributed by atoms with van der Waals surface area (Å²) < 4.78 is 22.6. The van der Waals surface area contributed by atoms with Crippen LogP contribution in [0, 0.1) is 0 Å². The number of anilines is 1. The average Bonchev–Trinajstić information content (AvgIpc) is 2.29. The quantitative estimate of drug-likeness (QED) is 0.815. The van der Waals surface area contributed by atoms with E-state index >= 15 is 0 Å². The second kappa shape index (κ2) is 4.43. The molecule has 1 aromatic rings. The Balaban J connectivity index is 2.20. The molecule has 0 saturated carbocycles. The summed E-state index contributed by atoms with van der Waals surface area (Å²) in [6.45, 7) is 1.01. The van der Waals surface area contributed by atoms with Crippen LogP contribution >= 0.6 is 0 Å². The highest BCUT2D eigenvalue weighted by Crippen LogP contribution is 2.22. The molecule has 0 amide bonds. The van der Waals surface area contributed by atoms with Gasteiger partial charge in [-0.15, -0.1) is 0 Å². The SMILES string of the molecule is O=S1(=O)CCN(c2ccccc2CO)CC1. The minimum atomic E-state index is -2.85. The molecule has 1 saturated heterocycles. The van der Waals surface area contributed by atoms with E-state index in [0.717, 1.165) is 11.3 Å². The standard InChI is InChI=1S/C11H15NO3S/c13-9-10-3-1-2-4-11(10)12-5-7-16(14,15)8-6-12/h1-4,13H,5-9H2. The maximum atomic E-state index is 11.3. The molecule has 1 heterocycles. The third-order valence-corrected chi connectivity index (χ3v) is 4.46. The van der Waals surface area contributed by atoms with Crippen LogP contribution in [0.15, 0.2) is 24.3 Å². The second-order valence-electron chi connectivity index (χ2n) is 3.93. The van der Waals surface area contributed by atoms with Crippen molar-refractivity contribution in [3.8, 4) is 0 Å². The molecular weight excluding hydrogens is 226 g/mol. The van der Waals surface area contributed by atoms with E-state index in [-0.39, 0.29) is 18.1 Å². The van der Waals surface area contributed by atoms with Crippen LogP contribution in [0.1, 0.15) is 5.56 Å². The molecule has 0 bridgehead atoms. The normalized spacial score (nSPS) is 19.7. The molecule has 0 aromatic heterocycles. The lowest BCUT2D eigenvalue weighted by Gasteiger charge is -2.30. The molecule has 88 valence electrons. The fraction of sp³-hybridized carbons (Fsp3) is 0.455. The van der Waals surface area contributed by atoms with E-state index in [1.165, 1.54) is 0 Å². The largest absolute Gasteiger partial charge is 0.392 e. The van der Waals surface area contributed by atoms with Crippen LogP contribution in [0.2, 0.25) is 0 Å². The van der Waals surface area contributed by atoms with E-state index in [1.54, 1.807) is 0 Å². The molecule has 0 unspecified atom stereocenters. The third-order valence-electron chi connectivity index (χ3n) is 2.85. The summed E-state index contributed by atoms with van der Waals surface area (Å²) in [6, 6.07) is 7.55. The van der Waals surface area contributed by atoms with Crippen molar-refractivity contribution < 1.29 is 13.5 Å². The van der Waals surface area contributed by atoms with Gasteiger partial charge in [-0.2, -0.15) is 0 Å². The summed E-state index contributed by atoms with van der Waals surface area (Å²) in [5, 5.41) is 9.21. The van der Waals surface area contributed by atoms with Gasteiger partial charge in [0, 0.05) is 24.3 Å². The van der Waals surface area contributed by atoms with Crippen LogP contribution in [0.25, 0.3) is 0 Å². The van der Waals surface area contributed by atoms with E-state index in [2.05, 4.69) is 0 Å². The molecule has 16 heavy (non-hydrogen) atoms. The average molecular weight is 241 g/mol. The van der Waals surface area contributed by atoms with Crippen molar-refractivity contribution in [2.45, 2.75) is 6.61 Å². The van der Waals surface area contributed by atoms with E-state index in [4.69, 9.17) is 0 Å². The van der Waals surface area contributed by atoms with Gasteiger partial charge in [0.1, 0.15) is 0 Å². The van der Waals surface area contributed by atoms with Gasteiger partial charge in [0.15, 0.2) is 9.84 Å². The summed E-state index contributed by atoms with van der Waals surface area (Å²) in [6.07, 6.45) is 0. The number of sulfone groups is 1. The lowest BCUT2D eigenvalue weighted by atomic mass is 10.1. The van der Waals surface area contributed by atoms with Gasteiger partial charge < -0.3 is 10.0 Å². The van der Waals surface area contributed by atoms with Gasteiger partial charge >= 0.3 is 0 Å². The number of aliphatic hydroxyl groups is 1. The summed E-state index contributed by atoms with van der Waals surface area (Å²) in [5.74, 6) is 0.402. The number of benzene rings is 1. The first kappa shape index (κ1) is 11.4. The smallest absolute Gasteiger partial charge is 0.153 e. The van der Waals surface area contributed by atoms with Gasteiger partial charge in [-0.25, -0.2) is 8.42 Å². The first-order valence-corrected chi connectivity index (χ1v) is 7.09. The molecule has 4 nitrogen and oxygen atoms in total. The molecular formula is C11H15NO3S. The van der Waals surface area contributed by atoms with Crippen molar-refractivity contribution in [1.82, 2.24) is 0 Å². The molecule has 5 heteroatoms. The van der Waals surface area contributed by atoms with Crippen molar-refractivity contribution in [2.24, 2.45) is 0 Å². The monoisotopic (exact) mass is 241 g/mol. The highest BCUT2D eigenvalue weighted by molar-refractivity contribution is 7.91. The number of hydrogen-bond acceptors (Lipinski definition) is 4. The summed E-state index contributed by atoms with van der Waals surface area (Å²) >= 11 is 0. The van der Waals surface area contributed by atoms with Gasteiger partial charge in [-0.05, 0) is 6.07 Å². The van der Waals surface area contributed by atoms with Crippen molar-refractivity contribution in [3.63, 3.8) is 0 Å². The molecule has 0 aliphatic carbocycles. The van der Waals surface area contributed by atoms with Gasteiger partial charge in [0.05, 0.1) is 18.1 Å². The summed E-state index contributed by atoms with van der Waals surface area (Å²) in [5.41, 5.74) is 1.79. The van der Waals surface area contributed by atoms with Crippen molar-refractivity contribution in [3.05, 3.63) is 29.8 Å². The van der Waals surface area contributed by atoms with Crippen LogP contribution < -0.4 is 4.90 Å². The molecule has 1 aliphatic rings. The summed E-state index contributed by atoms with van der Waals surface area (Å²) in [4.78, 5) is 2.02. The molecule has 0 radical (unpaired) electrons. The Morgan fingerprint density at radius 1 is 1.19 bits per heavy atom. The van der Waals surface area contributed by atoms with Crippen molar-refractivity contribution in [1.29, 1.82) is 0 Å². The lowest BCUT2D eigenvalue weighted by molar-refractivity contribution is 0.282. The first-order valence-electron chi connectivity index (χ1n) is 5.26. The van der Waals surface area contributed by atoms with E-state index < -0.39 is 9.84 Å². The van der Waals surface area contributed by atoms with Gasteiger partial charge in [0.2, 0.25) is 0 Å². The number of rotatable bonds is 2. The highest BCUT2D eigenvalue weighted by atomic mass is 32.2. The Kier molecular flexibility index (Phi) is 3.16. The Morgan fingerprint density at radius 2 is 1.81 bits per heavy atom. The van der Waals surface area contributed by atoms with Crippen molar-refractivity contribution in [2.75, 3.05) is 29.5 Å². The number of hydrogen-bond donors (Lipinski definition) is 1. The molecule has 0 spiro atoms. The van der Waals surface area contributed by atoms with Gasteiger partial charge in [-0.3, -0.25) is 0 Å². The van der Waals surface area contributed by atoms with Crippen molar-refractivity contribution >= 4 is 15.5 Å². The Labute approximate surface area is 95.4 Å². The third kappa shape index (κ3) is 2.36. The van der Waals surface area contributed by atoms with Gasteiger partial charge in [-0.1, -0.05) is 18.2 Å². The molecule has 1 aliphatic heterocycles. The molecule has 0 atom stereocenters. The fourth-order valence-electron chi connectivity index (χ4n) is 1.91. The highest BCUT2D eigenvalue weighted by Gasteiger charge is 2.22. The van der Waals surface area contributed by atoms with Crippen LogP contribution in [0.4, 0.5) is 5.69 Å². The summed E-state index contributed by atoms with van der Waals surface area (Å²) in [7, 11) is -2.85. The minimum Gasteiger partial charge on any atom is -0.392 e. The minimum absolute atomic E-state index is 0.0145. The predicted molar refractivity (Wildman–Crippen MR) is 63.2 cm³/mol. The molecule has 1 aromatic carbocycles. The maximum absolute atomic E-state index is 11.3. The zero-order valence-electron chi connectivity index (χ0n) is 8.96. The second-order valence-corrected chi connectivity index (χ2v) is 6.23. The lowest BCUT2D eigenvalue weighted by Crippen LogP contribution is -2.40. The topological polar surface area (TPSA) is 57.6 Å². The van der Waals surface area contributed by atoms with E-state index in [1.807, 2.05) is 29.2 Å². The maximum Gasteiger partial charge on any atom is 0.153 e. The Bertz CT molecular complexity index is 456. The first-order chi connectivity index (χ1) is 7.62. The molecule has 2 rings (SSSR count). The number of aliphatic hydroxyl groups excluding tert-OH is 1. The van der Waals surface area contributed by atoms with Crippen LogP contribution in [0.5, 0.6) is 0 Å². The van der Waals surface area contributed by atoms with E-state index in [0.29, 0.717) is 13.1 Å². The van der Waals surface area contributed by atoms with Crippen LogP contribution in [-0.2, 0) is 16.4 Å². The fourth-order valence-corrected chi connectivity index (χ4v) is 3.11. The number of para-hydroxylation sites is 1. The Morgan fingerprint density at radius 3 is 2.44 bits per heavy atom. The predicted octanol–water partition coefficient (Wildman–Crippen LogP) is 0.414.